The summed E-state index contributed by atoms with van der Waals surface area (Å²) in [6, 6.07) is 8.62. The van der Waals surface area contributed by atoms with Gasteiger partial charge in [0.05, 0.1) is 17.2 Å². The van der Waals surface area contributed by atoms with E-state index in [4.69, 9.17) is 4.42 Å². The SMILES string of the molecule is O=C(NC1CC1)c1ccc(NCC(c2ccco2)N2CCCCC2)c([N+](=O)[O-])c1. The molecule has 1 aliphatic heterocycles. The second-order valence-corrected chi connectivity index (χ2v) is 7.75. The molecule has 8 nitrogen and oxygen atoms in total. The predicted octanol–water partition coefficient (Wildman–Crippen LogP) is 3.72. The Bertz CT molecular complexity index is 858. The molecule has 2 aliphatic rings. The fourth-order valence-electron chi connectivity index (χ4n) is 3.80. The number of nitrogens with zero attached hydrogens (tertiary/aromatic N) is 2. The highest BCUT2D eigenvalue weighted by Crippen LogP contribution is 2.30. The quantitative estimate of drug-likeness (QED) is 0.519. The lowest BCUT2D eigenvalue weighted by molar-refractivity contribution is -0.384. The minimum Gasteiger partial charge on any atom is -0.468 e. The van der Waals surface area contributed by atoms with E-state index in [1.165, 1.54) is 12.5 Å². The zero-order valence-corrected chi connectivity index (χ0v) is 16.3. The molecule has 0 bridgehead atoms. The fraction of sp³-hybridized carbons (Fsp3) is 0.476. The molecule has 1 unspecified atom stereocenters. The van der Waals surface area contributed by atoms with Gasteiger partial charge in [-0.15, -0.1) is 0 Å². The van der Waals surface area contributed by atoms with E-state index in [0.29, 0.717) is 17.8 Å². The molecular weight excluding hydrogens is 372 g/mol. The molecule has 4 rings (SSSR count). The molecule has 1 aromatic heterocycles. The van der Waals surface area contributed by atoms with E-state index in [2.05, 4.69) is 15.5 Å². The van der Waals surface area contributed by atoms with Crippen LogP contribution in [0.2, 0.25) is 0 Å². The first-order chi connectivity index (χ1) is 14.1. The Morgan fingerprint density at radius 1 is 1.24 bits per heavy atom. The van der Waals surface area contributed by atoms with Gasteiger partial charge in [0.1, 0.15) is 11.4 Å². The van der Waals surface area contributed by atoms with Crippen molar-refractivity contribution in [2.45, 2.75) is 44.2 Å². The number of anilines is 1. The number of hydrogen-bond acceptors (Lipinski definition) is 6. The van der Waals surface area contributed by atoms with Crippen LogP contribution in [0.4, 0.5) is 11.4 Å². The molecule has 2 N–H and O–H groups in total. The molecule has 1 aliphatic carbocycles. The van der Waals surface area contributed by atoms with Gasteiger partial charge in [-0.1, -0.05) is 6.42 Å². The highest BCUT2D eigenvalue weighted by Gasteiger charge is 2.27. The second-order valence-electron chi connectivity index (χ2n) is 7.75. The summed E-state index contributed by atoms with van der Waals surface area (Å²) in [5.41, 5.74) is 0.629. The molecule has 1 saturated carbocycles. The molecule has 2 heterocycles. The third-order valence-corrected chi connectivity index (χ3v) is 5.56. The zero-order chi connectivity index (χ0) is 20.2. The zero-order valence-electron chi connectivity index (χ0n) is 16.3. The number of rotatable bonds is 8. The summed E-state index contributed by atoms with van der Waals surface area (Å²) in [7, 11) is 0. The maximum absolute atomic E-state index is 12.2. The summed E-state index contributed by atoms with van der Waals surface area (Å²) in [5.74, 6) is 0.589. The van der Waals surface area contributed by atoms with Crippen LogP contribution in [-0.4, -0.2) is 41.4 Å². The van der Waals surface area contributed by atoms with Crippen molar-refractivity contribution in [3.05, 3.63) is 58.0 Å². The van der Waals surface area contributed by atoms with Gasteiger partial charge in [0.2, 0.25) is 0 Å². The molecule has 2 aromatic rings. The number of piperidine rings is 1. The van der Waals surface area contributed by atoms with Crippen molar-refractivity contribution in [1.29, 1.82) is 0 Å². The number of likely N-dealkylation sites (tertiary alicyclic amines) is 1. The molecule has 1 aromatic carbocycles. The van der Waals surface area contributed by atoms with E-state index in [1.807, 2.05) is 12.1 Å². The Labute approximate surface area is 169 Å². The summed E-state index contributed by atoms with van der Waals surface area (Å²) in [6.45, 7) is 2.45. The van der Waals surface area contributed by atoms with Crippen LogP contribution in [0, 0.1) is 10.1 Å². The van der Waals surface area contributed by atoms with Gasteiger partial charge in [0, 0.05) is 24.2 Å². The first-order valence-electron chi connectivity index (χ1n) is 10.2. The van der Waals surface area contributed by atoms with E-state index in [0.717, 1.165) is 44.5 Å². The third-order valence-electron chi connectivity index (χ3n) is 5.56. The number of carbonyl (C=O) groups excluding carboxylic acids is 1. The molecule has 154 valence electrons. The monoisotopic (exact) mass is 398 g/mol. The molecule has 29 heavy (non-hydrogen) atoms. The smallest absolute Gasteiger partial charge is 0.293 e. The topological polar surface area (TPSA) is 101 Å². The molecular formula is C21H26N4O4. The maximum Gasteiger partial charge on any atom is 0.293 e. The Kier molecular flexibility index (Phi) is 5.80. The Hall–Kier alpha value is -2.87. The predicted molar refractivity (Wildman–Crippen MR) is 109 cm³/mol. The maximum atomic E-state index is 12.2. The van der Waals surface area contributed by atoms with Gasteiger partial charge in [0.15, 0.2) is 0 Å². The van der Waals surface area contributed by atoms with Crippen LogP contribution in [0.1, 0.15) is 54.3 Å². The molecule has 0 radical (unpaired) electrons. The number of nitrogens with one attached hydrogen (secondary N) is 2. The highest BCUT2D eigenvalue weighted by atomic mass is 16.6. The van der Waals surface area contributed by atoms with Crippen LogP contribution in [0.3, 0.4) is 0 Å². The third kappa shape index (κ3) is 4.76. The van der Waals surface area contributed by atoms with Crippen molar-refractivity contribution >= 4 is 17.3 Å². The van der Waals surface area contributed by atoms with Crippen molar-refractivity contribution < 1.29 is 14.1 Å². The second kappa shape index (κ2) is 8.65. The van der Waals surface area contributed by atoms with E-state index in [-0.39, 0.29) is 23.7 Å². The van der Waals surface area contributed by atoms with Gasteiger partial charge in [-0.25, -0.2) is 0 Å². The van der Waals surface area contributed by atoms with Gasteiger partial charge in [-0.05, 0) is 63.0 Å². The number of benzene rings is 1. The summed E-state index contributed by atoms with van der Waals surface area (Å²) < 4.78 is 5.64. The minimum absolute atomic E-state index is 0.00254. The summed E-state index contributed by atoms with van der Waals surface area (Å²) in [5, 5.41) is 17.7. The molecule has 0 spiro atoms. The van der Waals surface area contributed by atoms with Crippen LogP contribution >= 0.6 is 0 Å². The minimum atomic E-state index is -0.445. The summed E-state index contributed by atoms with van der Waals surface area (Å²) in [4.78, 5) is 25.8. The summed E-state index contributed by atoms with van der Waals surface area (Å²) >= 11 is 0. The van der Waals surface area contributed by atoms with Gasteiger partial charge in [-0.3, -0.25) is 19.8 Å². The highest BCUT2D eigenvalue weighted by molar-refractivity contribution is 5.96. The van der Waals surface area contributed by atoms with Gasteiger partial charge in [-0.2, -0.15) is 0 Å². The van der Waals surface area contributed by atoms with Crippen LogP contribution < -0.4 is 10.6 Å². The number of carbonyl (C=O) groups is 1. The molecule has 1 saturated heterocycles. The largest absolute Gasteiger partial charge is 0.468 e. The fourth-order valence-corrected chi connectivity index (χ4v) is 3.80. The molecule has 2 fully saturated rings. The lowest BCUT2D eigenvalue weighted by Crippen LogP contribution is -2.37. The van der Waals surface area contributed by atoms with Crippen molar-refractivity contribution in [1.82, 2.24) is 10.2 Å². The normalized spacial score (nSPS) is 18.2. The number of nitro groups is 1. The van der Waals surface area contributed by atoms with E-state index in [9.17, 15) is 14.9 Å². The summed E-state index contributed by atoms with van der Waals surface area (Å²) in [6.07, 6.45) is 7.10. The van der Waals surface area contributed by atoms with Gasteiger partial charge >= 0.3 is 0 Å². The standard InChI is InChI=1S/C21H26N4O4/c26-21(23-16-7-8-16)15-6-9-17(18(13-15)25(27)28)22-14-19(20-5-4-12-29-20)24-10-2-1-3-11-24/h4-6,9,12-13,16,19,22H,1-3,7-8,10-11,14H2,(H,23,26). The van der Waals surface area contributed by atoms with Crippen LogP contribution in [0.25, 0.3) is 0 Å². The Morgan fingerprint density at radius 3 is 2.69 bits per heavy atom. The van der Waals surface area contributed by atoms with Gasteiger partial charge < -0.3 is 15.1 Å². The molecule has 8 heteroatoms. The van der Waals surface area contributed by atoms with Crippen molar-refractivity contribution in [2.75, 3.05) is 25.0 Å². The average molecular weight is 398 g/mol. The lowest BCUT2D eigenvalue weighted by Gasteiger charge is -2.33. The van der Waals surface area contributed by atoms with Crippen LogP contribution in [0.5, 0.6) is 0 Å². The van der Waals surface area contributed by atoms with Crippen molar-refractivity contribution in [2.24, 2.45) is 0 Å². The van der Waals surface area contributed by atoms with Crippen LogP contribution in [-0.2, 0) is 0 Å². The van der Waals surface area contributed by atoms with Crippen molar-refractivity contribution in [3.8, 4) is 0 Å². The Balaban J connectivity index is 1.50. The van der Waals surface area contributed by atoms with Gasteiger partial charge in [0.25, 0.3) is 11.6 Å². The lowest BCUT2D eigenvalue weighted by atomic mass is 10.1. The van der Waals surface area contributed by atoms with E-state index in [1.54, 1.807) is 18.4 Å². The van der Waals surface area contributed by atoms with E-state index >= 15 is 0 Å². The average Bonchev–Trinajstić information content (AvgIpc) is 3.38. The van der Waals surface area contributed by atoms with E-state index < -0.39 is 4.92 Å². The number of amides is 1. The first-order valence-corrected chi connectivity index (χ1v) is 10.2. The van der Waals surface area contributed by atoms with Crippen molar-refractivity contribution in [3.63, 3.8) is 0 Å². The molecule has 1 amide bonds. The molecule has 1 atom stereocenters. The number of nitro benzene ring substituents is 1. The number of furan rings is 1. The van der Waals surface area contributed by atoms with Crippen LogP contribution in [0.15, 0.2) is 41.0 Å². The Morgan fingerprint density at radius 2 is 2.03 bits per heavy atom. The first kappa shape index (κ1) is 19.4. The number of hydrogen-bond donors (Lipinski definition) is 2.